The van der Waals surface area contributed by atoms with Crippen LogP contribution in [-0.4, -0.2) is 44.3 Å². The Morgan fingerprint density at radius 2 is 1.71 bits per heavy atom. The van der Waals surface area contributed by atoms with Gasteiger partial charge in [-0.15, -0.1) is 0 Å². The van der Waals surface area contributed by atoms with Crippen LogP contribution in [0.3, 0.4) is 0 Å². The highest BCUT2D eigenvalue weighted by molar-refractivity contribution is 7.92. The highest BCUT2D eigenvalue weighted by Crippen LogP contribution is 2.26. The fourth-order valence-electron chi connectivity index (χ4n) is 4.91. The van der Waals surface area contributed by atoms with Gasteiger partial charge in [-0.3, -0.25) is 14.3 Å². The second kappa shape index (κ2) is 9.41. The molecule has 1 saturated carbocycles. The number of likely N-dealkylation sites (tertiary alicyclic amines) is 1. The van der Waals surface area contributed by atoms with Crippen molar-refractivity contribution in [2.45, 2.75) is 62.3 Å². The van der Waals surface area contributed by atoms with Crippen LogP contribution >= 0.6 is 0 Å². The molecule has 0 aromatic heterocycles. The third-order valence-electron chi connectivity index (χ3n) is 7.00. The lowest BCUT2D eigenvalue weighted by Gasteiger charge is -2.32. The Morgan fingerprint density at radius 1 is 0.912 bits per heavy atom. The van der Waals surface area contributed by atoms with Crippen LogP contribution in [0.5, 0.6) is 0 Å². The van der Waals surface area contributed by atoms with Gasteiger partial charge >= 0.3 is 0 Å². The molecule has 2 amide bonds. The van der Waals surface area contributed by atoms with Crippen molar-refractivity contribution in [1.82, 2.24) is 10.2 Å². The number of rotatable bonds is 6. The van der Waals surface area contributed by atoms with Crippen LogP contribution in [0, 0.1) is 5.92 Å². The zero-order valence-electron chi connectivity index (χ0n) is 19.3. The van der Waals surface area contributed by atoms with Gasteiger partial charge in [0.05, 0.1) is 10.8 Å². The Balaban J connectivity index is 1.28. The molecular weight excluding hydrogens is 450 g/mol. The summed E-state index contributed by atoms with van der Waals surface area (Å²) in [5, 5.41) is 3.04. The summed E-state index contributed by atoms with van der Waals surface area (Å²) in [6.45, 7) is 0.986. The average molecular weight is 482 g/mol. The van der Waals surface area contributed by atoms with E-state index in [2.05, 4.69) is 10.0 Å². The second-order valence-corrected chi connectivity index (χ2v) is 11.4. The van der Waals surface area contributed by atoms with Crippen molar-refractivity contribution in [2.24, 2.45) is 5.92 Å². The van der Waals surface area contributed by atoms with Gasteiger partial charge < -0.3 is 10.2 Å². The normalized spacial score (nSPS) is 20.4. The summed E-state index contributed by atoms with van der Waals surface area (Å²) in [6, 6.07) is 12.2. The number of carbonyl (C=O) groups excluding carboxylic acids is 2. The van der Waals surface area contributed by atoms with Crippen LogP contribution in [0.1, 0.15) is 60.0 Å². The first-order valence-electron chi connectivity index (χ1n) is 12.2. The number of aryl methyl sites for hydroxylation is 2. The summed E-state index contributed by atoms with van der Waals surface area (Å²) in [4.78, 5) is 27.6. The third kappa shape index (κ3) is 5.12. The SMILES string of the molecule is O=C(NC1CC1)C1CCCN(C(=O)c2cccc(NS(=O)(=O)c3ccc4c(c3)CCCC4)c2)C1. The van der Waals surface area contributed by atoms with E-state index in [0.29, 0.717) is 30.4 Å². The summed E-state index contributed by atoms with van der Waals surface area (Å²) in [5.41, 5.74) is 3.09. The Kier molecular flexibility index (Phi) is 6.34. The molecule has 1 unspecified atom stereocenters. The number of benzene rings is 2. The molecule has 1 saturated heterocycles. The van der Waals surface area contributed by atoms with E-state index in [1.54, 1.807) is 41.3 Å². The van der Waals surface area contributed by atoms with Crippen LogP contribution in [0.15, 0.2) is 47.4 Å². The van der Waals surface area contributed by atoms with Gasteiger partial charge in [-0.25, -0.2) is 8.42 Å². The van der Waals surface area contributed by atoms with E-state index in [1.807, 2.05) is 6.07 Å². The van der Waals surface area contributed by atoms with Crippen LogP contribution < -0.4 is 10.0 Å². The summed E-state index contributed by atoms with van der Waals surface area (Å²) < 4.78 is 28.7. The number of nitrogens with zero attached hydrogens (tertiary/aromatic N) is 1. The molecule has 1 aliphatic heterocycles. The molecule has 2 aromatic carbocycles. The predicted molar refractivity (Wildman–Crippen MR) is 130 cm³/mol. The van der Waals surface area contributed by atoms with Gasteiger partial charge in [0.2, 0.25) is 5.91 Å². The van der Waals surface area contributed by atoms with Crippen molar-refractivity contribution in [3.63, 3.8) is 0 Å². The lowest BCUT2D eigenvalue weighted by Crippen LogP contribution is -2.45. The zero-order valence-corrected chi connectivity index (χ0v) is 20.1. The standard InChI is InChI=1S/C26H31N3O4S/c30-25(27-22-11-12-22)21-8-4-14-29(17-21)26(31)20-7-3-9-23(15-20)28-34(32,33)24-13-10-18-5-1-2-6-19(18)16-24/h3,7,9-10,13,15-16,21-22,28H,1-2,4-6,8,11-12,14,17H2,(H,27,30). The number of anilines is 1. The zero-order chi connectivity index (χ0) is 23.7. The summed E-state index contributed by atoms with van der Waals surface area (Å²) >= 11 is 0. The maximum absolute atomic E-state index is 13.2. The van der Waals surface area contributed by atoms with Crippen LogP contribution in [-0.2, 0) is 27.7 Å². The Morgan fingerprint density at radius 3 is 2.50 bits per heavy atom. The molecule has 0 radical (unpaired) electrons. The topological polar surface area (TPSA) is 95.6 Å². The number of hydrogen-bond acceptors (Lipinski definition) is 4. The van der Waals surface area contributed by atoms with E-state index in [1.165, 1.54) is 5.56 Å². The predicted octanol–water partition coefficient (Wildman–Crippen LogP) is 3.50. The number of amides is 2. The van der Waals surface area contributed by atoms with Crippen molar-refractivity contribution in [3.8, 4) is 0 Å². The molecule has 2 fully saturated rings. The number of fused-ring (bicyclic) bond motifs is 1. The molecule has 5 rings (SSSR count). The minimum atomic E-state index is -3.77. The van der Waals surface area contributed by atoms with Crippen molar-refractivity contribution < 1.29 is 18.0 Å². The monoisotopic (exact) mass is 481 g/mol. The van der Waals surface area contributed by atoms with E-state index in [9.17, 15) is 18.0 Å². The summed E-state index contributed by atoms with van der Waals surface area (Å²) in [7, 11) is -3.77. The lowest BCUT2D eigenvalue weighted by molar-refractivity contribution is -0.126. The molecule has 7 nitrogen and oxygen atoms in total. The second-order valence-electron chi connectivity index (χ2n) is 9.70. The van der Waals surface area contributed by atoms with Crippen LogP contribution in [0.4, 0.5) is 5.69 Å². The Hall–Kier alpha value is -2.87. The maximum Gasteiger partial charge on any atom is 0.261 e. The van der Waals surface area contributed by atoms with Crippen molar-refractivity contribution in [3.05, 3.63) is 59.2 Å². The molecule has 8 heteroatoms. The lowest BCUT2D eigenvalue weighted by atomic mass is 9.92. The number of sulfonamides is 1. The van der Waals surface area contributed by atoms with Crippen molar-refractivity contribution >= 4 is 27.5 Å². The number of nitrogens with one attached hydrogen (secondary N) is 2. The first kappa shape index (κ1) is 22.9. The molecule has 0 bridgehead atoms. The van der Waals surface area contributed by atoms with Gasteiger partial charge in [0, 0.05) is 30.4 Å². The minimum absolute atomic E-state index is 0.0339. The molecule has 1 heterocycles. The molecule has 180 valence electrons. The first-order chi connectivity index (χ1) is 16.4. The molecule has 2 aliphatic carbocycles. The molecule has 0 spiro atoms. The summed E-state index contributed by atoms with van der Waals surface area (Å²) in [6.07, 6.45) is 7.74. The summed E-state index contributed by atoms with van der Waals surface area (Å²) in [5.74, 6) is -0.339. The number of carbonyl (C=O) groups is 2. The average Bonchev–Trinajstić information content (AvgIpc) is 3.67. The van der Waals surface area contributed by atoms with Gasteiger partial charge in [0.1, 0.15) is 0 Å². The van der Waals surface area contributed by atoms with E-state index in [0.717, 1.165) is 56.9 Å². The van der Waals surface area contributed by atoms with Gasteiger partial charge in [0.25, 0.3) is 15.9 Å². The third-order valence-corrected chi connectivity index (χ3v) is 8.37. The first-order valence-corrected chi connectivity index (χ1v) is 13.7. The smallest absolute Gasteiger partial charge is 0.261 e. The minimum Gasteiger partial charge on any atom is -0.353 e. The van der Waals surface area contributed by atoms with E-state index in [-0.39, 0.29) is 22.6 Å². The van der Waals surface area contributed by atoms with E-state index < -0.39 is 10.0 Å². The van der Waals surface area contributed by atoms with E-state index in [4.69, 9.17) is 0 Å². The number of hydrogen-bond donors (Lipinski definition) is 2. The fourth-order valence-corrected chi connectivity index (χ4v) is 6.01. The highest BCUT2D eigenvalue weighted by Gasteiger charge is 2.32. The molecule has 1 atom stereocenters. The fraction of sp³-hybridized carbons (Fsp3) is 0.462. The van der Waals surface area contributed by atoms with Crippen molar-refractivity contribution in [2.75, 3.05) is 17.8 Å². The molecule has 34 heavy (non-hydrogen) atoms. The Labute approximate surface area is 201 Å². The maximum atomic E-state index is 13.2. The molecule has 3 aliphatic rings. The molecule has 2 aromatic rings. The van der Waals surface area contributed by atoms with Crippen LogP contribution in [0.2, 0.25) is 0 Å². The van der Waals surface area contributed by atoms with Gasteiger partial charge in [-0.2, -0.15) is 0 Å². The van der Waals surface area contributed by atoms with Gasteiger partial charge in [-0.05, 0) is 92.8 Å². The van der Waals surface area contributed by atoms with Gasteiger partial charge in [0.15, 0.2) is 0 Å². The van der Waals surface area contributed by atoms with Crippen molar-refractivity contribution in [1.29, 1.82) is 0 Å². The van der Waals surface area contributed by atoms with Crippen LogP contribution in [0.25, 0.3) is 0 Å². The largest absolute Gasteiger partial charge is 0.353 e. The Bertz CT molecular complexity index is 1210. The molecule has 2 N–H and O–H groups in total. The van der Waals surface area contributed by atoms with Gasteiger partial charge in [-0.1, -0.05) is 12.1 Å². The quantitative estimate of drug-likeness (QED) is 0.660. The molecular formula is C26H31N3O4S. The number of piperidine rings is 1. The highest BCUT2D eigenvalue weighted by atomic mass is 32.2. The van der Waals surface area contributed by atoms with E-state index >= 15 is 0 Å².